The number of rotatable bonds is 6. The van der Waals surface area contributed by atoms with Crippen molar-refractivity contribution >= 4 is 0 Å². The van der Waals surface area contributed by atoms with Gasteiger partial charge in [0.2, 0.25) is 0 Å². The van der Waals surface area contributed by atoms with Crippen LogP contribution in [0.1, 0.15) is 92.4 Å². The van der Waals surface area contributed by atoms with Gasteiger partial charge in [0.1, 0.15) is 0 Å². The van der Waals surface area contributed by atoms with Crippen molar-refractivity contribution in [1.29, 1.82) is 0 Å². The number of allylic oxidation sites excluding steroid dienone is 3. The molecule has 0 saturated heterocycles. The minimum atomic E-state index is -0.648. The van der Waals surface area contributed by atoms with Crippen LogP contribution in [0.25, 0.3) is 0 Å². The second-order valence-corrected chi connectivity index (χ2v) is 11.8. The van der Waals surface area contributed by atoms with Crippen LogP contribution in [0.15, 0.2) is 35.5 Å². The van der Waals surface area contributed by atoms with Gasteiger partial charge in [-0.15, -0.1) is 0 Å². The average Bonchev–Trinajstić information content (AvgIpc) is 3.04. The van der Waals surface area contributed by atoms with Crippen LogP contribution in [0.2, 0.25) is 0 Å². The van der Waals surface area contributed by atoms with Crippen molar-refractivity contribution in [2.24, 2.45) is 29.1 Å². The van der Waals surface area contributed by atoms with Crippen LogP contribution in [-0.2, 0) is 0 Å². The number of aliphatic hydroxyl groups excluding tert-OH is 2. The maximum Gasteiger partial charge on any atom is 0.0837 e. The van der Waals surface area contributed by atoms with E-state index in [4.69, 9.17) is 0 Å². The normalized spacial score (nSPS) is 40.4. The minimum Gasteiger partial charge on any atom is -0.392 e. The minimum absolute atomic E-state index is 0.149. The molecule has 0 unspecified atom stereocenters. The highest BCUT2D eigenvalue weighted by atomic mass is 16.3. The molecular formula is C28H46O3. The van der Waals surface area contributed by atoms with Crippen LogP contribution in [0.3, 0.4) is 0 Å². The van der Waals surface area contributed by atoms with Crippen LogP contribution in [0, 0.1) is 29.1 Å². The summed E-state index contributed by atoms with van der Waals surface area (Å²) >= 11 is 0. The van der Waals surface area contributed by atoms with E-state index in [0.717, 1.165) is 36.3 Å². The first-order valence-electron chi connectivity index (χ1n) is 12.6. The molecule has 0 heterocycles. The van der Waals surface area contributed by atoms with Crippen LogP contribution in [0.5, 0.6) is 0 Å². The van der Waals surface area contributed by atoms with Gasteiger partial charge < -0.3 is 15.3 Å². The predicted octanol–water partition coefficient (Wildman–Crippen LogP) is 5.95. The first-order chi connectivity index (χ1) is 14.4. The summed E-state index contributed by atoms with van der Waals surface area (Å²) in [5.41, 5.74) is 3.15. The summed E-state index contributed by atoms with van der Waals surface area (Å²) in [6.45, 7) is 14.8. The summed E-state index contributed by atoms with van der Waals surface area (Å²) in [4.78, 5) is 0. The Morgan fingerprint density at radius 1 is 1.23 bits per heavy atom. The van der Waals surface area contributed by atoms with Gasteiger partial charge in [0, 0.05) is 5.92 Å². The Morgan fingerprint density at radius 3 is 2.61 bits per heavy atom. The Bertz CT molecular complexity index is 712. The van der Waals surface area contributed by atoms with Crippen molar-refractivity contribution in [2.45, 2.75) is 110 Å². The Kier molecular flexibility index (Phi) is 7.61. The number of fused-ring (bicyclic) bond motifs is 1. The molecule has 3 saturated carbocycles. The van der Waals surface area contributed by atoms with E-state index in [0.29, 0.717) is 23.7 Å². The van der Waals surface area contributed by atoms with Gasteiger partial charge in [-0.1, -0.05) is 57.9 Å². The summed E-state index contributed by atoms with van der Waals surface area (Å²) in [6.07, 6.45) is 13.4. The van der Waals surface area contributed by atoms with Crippen LogP contribution >= 0.6 is 0 Å². The molecule has 3 N–H and O–H groups in total. The second-order valence-electron chi connectivity index (χ2n) is 11.8. The molecule has 3 rings (SSSR count). The molecule has 3 aliphatic carbocycles. The molecule has 0 aromatic rings. The Hall–Kier alpha value is -0.900. The van der Waals surface area contributed by atoms with Gasteiger partial charge in [0.15, 0.2) is 0 Å². The SMILES string of the molecule is C=C1C(=CC=C2CCC[C@]3(C)[C@@H]([C@@H](C)CCCC(C)(C)O)CC[C@@H]23)C[C@@H](O)[C@H](C)[C@H]1O. The second kappa shape index (κ2) is 9.53. The molecule has 3 nitrogen and oxygen atoms in total. The summed E-state index contributed by atoms with van der Waals surface area (Å²) in [5.74, 6) is 1.94. The first kappa shape index (κ1) is 24.7. The van der Waals surface area contributed by atoms with Gasteiger partial charge >= 0.3 is 0 Å². The molecule has 0 aliphatic heterocycles. The van der Waals surface area contributed by atoms with Gasteiger partial charge in [0.25, 0.3) is 0 Å². The van der Waals surface area contributed by atoms with Crippen molar-refractivity contribution in [3.63, 3.8) is 0 Å². The van der Waals surface area contributed by atoms with Crippen molar-refractivity contribution in [3.8, 4) is 0 Å². The van der Waals surface area contributed by atoms with Crippen LogP contribution < -0.4 is 0 Å². The van der Waals surface area contributed by atoms with E-state index in [1.807, 2.05) is 20.8 Å². The monoisotopic (exact) mass is 430 g/mol. The Morgan fingerprint density at radius 2 is 1.94 bits per heavy atom. The van der Waals surface area contributed by atoms with E-state index in [1.165, 1.54) is 32.1 Å². The summed E-state index contributed by atoms with van der Waals surface area (Å²) < 4.78 is 0. The zero-order valence-electron chi connectivity index (χ0n) is 20.5. The van der Waals surface area contributed by atoms with E-state index >= 15 is 0 Å². The molecule has 0 amide bonds. The van der Waals surface area contributed by atoms with E-state index < -0.39 is 17.8 Å². The highest BCUT2D eigenvalue weighted by molar-refractivity contribution is 5.39. The third kappa shape index (κ3) is 5.37. The summed E-state index contributed by atoms with van der Waals surface area (Å²) in [5, 5.41) is 30.7. The molecule has 0 spiro atoms. The lowest BCUT2D eigenvalue weighted by Crippen LogP contribution is -2.36. The lowest BCUT2D eigenvalue weighted by Gasteiger charge is -2.44. The topological polar surface area (TPSA) is 60.7 Å². The van der Waals surface area contributed by atoms with Crippen molar-refractivity contribution in [2.75, 3.05) is 0 Å². The van der Waals surface area contributed by atoms with Gasteiger partial charge in [-0.3, -0.25) is 0 Å². The van der Waals surface area contributed by atoms with Gasteiger partial charge in [-0.25, -0.2) is 0 Å². The maximum atomic E-state index is 10.4. The maximum absolute atomic E-state index is 10.4. The molecule has 31 heavy (non-hydrogen) atoms. The van der Waals surface area contributed by atoms with E-state index in [1.54, 1.807) is 5.57 Å². The van der Waals surface area contributed by atoms with Gasteiger partial charge in [-0.2, -0.15) is 0 Å². The van der Waals surface area contributed by atoms with E-state index in [2.05, 4.69) is 32.6 Å². The van der Waals surface area contributed by atoms with Crippen molar-refractivity contribution in [3.05, 3.63) is 35.5 Å². The summed E-state index contributed by atoms with van der Waals surface area (Å²) in [7, 11) is 0. The lowest BCUT2D eigenvalue weighted by molar-refractivity contribution is 0.0283. The molecule has 3 fully saturated rings. The van der Waals surface area contributed by atoms with Gasteiger partial charge in [0.05, 0.1) is 17.8 Å². The molecular weight excluding hydrogens is 384 g/mol. The Balaban J connectivity index is 1.71. The molecule has 176 valence electrons. The number of hydrogen-bond donors (Lipinski definition) is 3. The van der Waals surface area contributed by atoms with Crippen molar-refractivity contribution < 1.29 is 15.3 Å². The number of hydrogen-bond acceptors (Lipinski definition) is 3. The van der Waals surface area contributed by atoms with Gasteiger partial charge in [-0.05, 0) is 93.1 Å². The molecule has 3 heteroatoms. The standard InChI is InChI=1S/C28H46O3/c1-18(9-7-15-27(4,5)31)23-13-14-24-21(10-8-16-28(23,24)6)11-12-22-17-25(29)20(3)26(30)19(22)2/h11-12,18,20,23-26,29-31H,2,7-10,13-17H2,1,3-6H3/t18-,20-,23+,24-,25+,26-,28+/m0/s1. The fourth-order valence-electron chi connectivity index (χ4n) is 6.91. The smallest absolute Gasteiger partial charge is 0.0837 e. The number of aliphatic hydroxyl groups is 3. The molecule has 3 aliphatic rings. The fourth-order valence-corrected chi connectivity index (χ4v) is 6.91. The molecule has 0 bridgehead atoms. The highest BCUT2D eigenvalue weighted by Gasteiger charge is 2.50. The average molecular weight is 431 g/mol. The lowest BCUT2D eigenvalue weighted by atomic mass is 9.60. The Labute approximate surface area is 190 Å². The molecule has 0 aromatic carbocycles. The third-order valence-corrected chi connectivity index (χ3v) is 8.97. The molecule has 7 atom stereocenters. The van der Waals surface area contributed by atoms with Crippen molar-refractivity contribution in [1.82, 2.24) is 0 Å². The summed E-state index contributed by atoms with van der Waals surface area (Å²) in [6, 6.07) is 0. The highest BCUT2D eigenvalue weighted by Crippen LogP contribution is 2.60. The quantitative estimate of drug-likeness (QED) is 0.488. The van der Waals surface area contributed by atoms with Crippen LogP contribution in [0.4, 0.5) is 0 Å². The first-order valence-corrected chi connectivity index (χ1v) is 12.6. The van der Waals surface area contributed by atoms with E-state index in [9.17, 15) is 15.3 Å². The zero-order valence-corrected chi connectivity index (χ0v) is 20.5. The largest absolute Gasteiger partial charge is 0.392 e. The van der Waals surface area contributed by atoms with Crippen LogP contribution in [-0.4, -0.2) is 33.1 Å². The fraction of sp³-hybridized carbons (Fsp3) is 0.786. The third-order valence-electron chi connectivity index (χ3n) is 8.97. The predicted molar refractivity (Wildman–Crippen MR) is 129 cm³/mol. The molecule has 0 radical (unpaired) electrons. The molecule has 0 aromatic heterocycles. The zero-order chi connectivity index (χ0) is 23.0. The van der Waals surface area contributed by atoms with E-state index in [-0.39, 0.29) is 5.92 Å².